The Morgan fingerprint density at radius 2 is 1.34 bits per heavy atom. The van der Waals surface area contributed by atoms with Crippen molar-refractivity contribution in [1.82, 2.24) is 21.3 Å². The standard InChI is InChI=1S/C24H43N7O9S/c1-41-11-9-18(22(38)28-14(12-32)5-8-20(35)36)31-24(40)17(6-7-19(27)34)30-23(39)16(4-2-3-10-25)29-21(37)15(26)13-33/h12,14-18,33H,2-11,13,25-26H2,1H3,(H2,27,34)(H,28,38)(H,29,37)(H,30,39)(H,31,40)(H,35,36)/t14-,15-,16-,17-,18-/m0/s1. The number of carbonyl (C=O) groups excluding carboxylic acids is 6. The van der Waals surface area contributed by atoms with Crippen molar-refractivity contribution in [3.63, 3.8) is 0 Å². The first-order chi connectivity index (χ1) is 19.4. The molecule has 0 heterocycles. The van der Waals surface area contributed by atoms with Crippen LogP contribution in [0.4, 0.5) is 0 Å². The molecule has 0 saturated carbocycles. The van der Waals surface area contributed by atoms with Crippen LogP contribution < -0.4 is 38.5 Å². The first-order valence-corrected chi connectivity index (χ1v) is 14.5. The van der Waals surface area contributed by atoms with Gasteiger partial charge in [0.15, 0.2) is 0 Å². The largest absolute Gasteiger partial charge is 0.481 e. The van der Waals surface area contributed by atoms with Gasteiger partial charge < -0.3 is 53.5 Å². The Labute approximate surface area is 242 Å². The molecular formula is C24H43N7O9S. The zero-order chi connectivity index (χ0) is 31.4. The normalized spacial score (nSPS) is 14.4. The summed E-state index contributed by atoms with van der Waals surface area (Å²) in [6.45, 7) is -0.323. The SMILES string of the molecule is CSCC[C@H](NC(=O)[C@H](CCC(N)=O)NC(=O)[C@H](CCCCN)NC(=O)[C@@H](N)CO)C(=O)N[C@H](C=O)CCC(=O)O. The Hall–Kier alpha value is -3.28. The lowest BCUT2D eigenvalue weighted by atomic mass is 10.0. The van der Waals surface area contributed by atoms with Crippen LogP contribution in [0.2, 0.25) is 0 Å². The number of hydrogen-bond donors (Lipinski definition) is 9. The van der Waals surface area contributed by atoms with Gasteiger partial charge in [-0.1, -0.05) is 0 Å². The van der Waals surface area contributed by atoms with E-state index in [-0.39, 0.29) is 38.5 Å². The molecule has 0 aromatic carbocycles. The second-order valence-corrected chi connectivity index (χ2v) is 10.2. The molecule has 0 aliphatic carbocycles. The number of unbranched alkanes of at least 4 members (excludes halogenated alkanes) is 1. The van der Waals surface area contributed by atoms with Gasteiger partial charge >= 0.3 is 5.97 Å². The molecule has 0 spiro atoms. The van der Waals surface area contributed by atoms with Crippen molar-refractivity contribution in [2.45, 2.75) is 81.6 Å². The van der Waals surface area contributed by atoms with Crippen molar-refractivity contribution in [1.29, 1.82) is 0 Å². The number of primary amides is 1. The number of nitrogens with two attached hydrogens (primary N) is 3. The molecule has 0 rings (SSSR count). The monoisotopic (exact) mass is 605 g/mol. The molecule has 0 fully saturated rings. The summed E-state index contributed by atoms with van der Waals surface area (Å²) in [6, 6.07) is -6.02. The molecule has 0 saturated heterocycles. The average molecular weight is 606 g/mol. The second-order valence-electron chi connectivity index (χ2n) is 9.23. The number of rotatable bonds is 23. The van der Waals surface area contributed by atoms with E-state index >= 15 is 0 Å². The van der Waals surface area contributed by atoms with Gasteiger partial charge in [0.05, 0.1) is 12.6 Å². The number of aliphatic hydroxyl groups is 1. The highest BCUT2D eigenvalue weighted by molar-refractivity contribution is 7.98. The van der Waals surface area contributed by atoms with Crippen molar-refractivity contribution in [2.24, 2.45) is 17.2 Å². The first-order valence-electron chi connectivity index (χ1n) is 13.1. The molecule has 41 heavy (non-hydrogen) atoms. The van der Waals surface area contributed by atoms with E-state index in [1.165, 1.54) is 11.8 Å². The van der Waals surface area contributed by atoms with E-state index in [4.69, 9.17) is 27.4 Å². The Bertz CT molecular complexity index is 894. The molecule has 0 aromatic rings. The van der Waals surface area contributed by atoms with Crippen LogP contribution in [0.5, 0.6) is 0 Å². The Morgan fingerprint density at radius 3 is 1.83 bits per heavy atom. The molecule has 234 valence electrons. The smallest absolute Gasteiger partial charge is 0.303 e. The topological polar surface area (TPSA) is 286 Å². The maximum Gasteiger partial charge on any atom is 0.303 e. The number of carboxylic acid groups (broad SMARTS) is 1. The van der Waals surface area contributed by atoms with Crippen LogP contribution in [-0.2, 0) is 33.6 Å². The summed E-state index contributed by atoms with van der Waals surface area (Å²) in [5, 5.41) is 27.8. The van der Waals surface area contributed by atoms with E-state index in [1.807, 2.05) is 0 Å². The number of nitrogens with one attached hydrogen (secondary N) is 4. The van der Waals surface area contributed by atoms with E-state index in [0.717, 1.165) is 0 Å². The van der Waals surface area contributed by atoms with E-state index < -0.39 is 72.3 Å². The van der Waals surface area contributed by atoms with Crippen molar-refractivity contribution >= 4 is 53.6 Å². The van der Waals surface area contributed by atoms with Crippen molar-refractivity contribution in [2.75, 3.05) is 25.2 Å². The summed E-state index contributed by atoms with van der Waals surface area (Å²) < 4.78 is 0. The molecule has 16 nitrogen and oxygen atoms in total. The minimum atomic E-state index is -1.34. The van der Waals surface area contributed by atoms with E-state index in [2.05, 4.69) is 21.3 Å². The molecule has 5 atom stereocenters. The predicted octanol–water partition coefficient (Wildman–Crippen LogP) is -3.54. The second kappa shape index (κ2) is 21.5. The van der Waals surface area contributed by atoms with Gasteiger partial charge in [-0.15, -0.1) is 0 Å². The summed E-state index contributed by atoms with van der Waals surface area (Å²) in [7, 11) is 0. The van der Waals surface area contributed by atoms with Crippen LogP contribution in [0, 0.1) is 0 Å². The quantitative estimate of drug-likeness (QED) is 0.0404. The van der Waals surface area contributed by atoms with E-state index in [9.17, 15) is 33.6 Å². The third kappa shape index (κ3) is 16.5. The summed E-state index contributed by atoms with van der Waals surface area (Å²) in [4.78, 5) is 85.1. The Balaban J connectivity index is 5.79. The van der Waals surface area contributed by atoms with Crippen molar-refractivity contribution < 1.29 is 43.8 Å². The zero-order valence-corrected chi connectivity index (χ0v) is 24.0. The lowest BCUT2D eigenvalue weighted by molar-refractivity contribution is -0.137. The molecule has 0 aliphatic heterocycles. The zero-order valence-electron chi connectivity index (χ0n) is 23.1. The minimum absolute atomic E-state index is 0.135. The molecule has 5 amide bonds. The minimum Gasteiger partial charge on any atom is -0.481 e. The number of hydrogen-bond acceptors (Lipinski definition) is 11. The maximum atomic E-state index is 13.2. The molecule has 12 N–H and O–H groups in total. The summed E-state index contributed by atoms with van der Waals surface area (Å²) in [6.07, 6.45) is 2.40. The highest BCUT2D eigenvalue weighted by Gasteiger charge is 2.31. The van der Waals surface area contributed by atoms with Gasteiger partial charge in [0, 0.05) is 12.8 Å². The van der Waals surface area contributed by atoms with Gasteiger partial charge in [0.1, 0.15) is 30.5 Å². The van der Waals surface area contributed by atoms with Crippen LogP contribution in [0.25, 0.3) is 0 Å². The molecule has 0 aliphatic rings. The Kier molecular flexibility index (Phi) is 19.7. The van der Waals surface area contributed by atoms with Gasteiger partial charge in [-0.05, 0) is 57.1 Å². The molecule has 0 aromatic heterocycles. The highest BCUT2D eigenvalue weighted by Crippen LogP contribution is 2.07. The number of amides is 5. The van der Waals surface area contributed by atoms with Gasteiger partial charge in [-0.25, -0.2) is 0 Å². The predicted molar refractivity (Wildman–Crippen MR) is 150 cm³/mol. The first kappa shape index (κ1) is 37.7. The average Bonchev–Trinajstić information content (AvgIpc) is 2.93. The lowest BCUT2D eigenvalue weighted by Gasteiger charge is -2.26. The van der Waals surface area contributed by atoms with Crippen LogP contribution >= 0.6 is 11.8 Å². The van der Waals surface area contributed by atoms with Gasteiger partial charge in [0.2, 0.25) is 29.5 Å². The Morgan fingerprint density at radius 1 is 0.805 bits per heavy atom. The molecule has 0 radical (unpaired) electrons. The summed E-state index contributed by atoms with van der Waals surface area (Å²) in [5.41, 5.74) is 16.3. The highest BCUT2D eigenvalue weighted by atomic mass is 32.2. The van der Waals surface area contributed by atoms with Crippen LogP contribution in [0.1, 0.15) is 51.4 Å². The number of aldehydes is 1. The van der Waals surface area contributed by atoms with E-state index in [0.29, 0.717) is 31.4 Å². The van der Waals surface area contributed by atoms with Crippen molar-refractivity contribution in [3.05, 3.63) is 0 Å². The lowest BCUT2D eigenvalue weighted by Crippen LogP contribution is -2.58. The number of carboxylic acids is 1. The molecule has 0 unspecified atom stereocenters. The number of aliphatic hydroxyl groups excluding tert-OH is 1. The van der Waals surface area contributed by atoms with Gasteiger partial charge in [-0.2, -0.15) is 11.8 Å². The fraction of sp³-hybridized carbons (Fsp3) is 0.708. The van der Waals surface area contributed by atoms with Crippen LogP contribution in [0.15, 0.2) is 0 Å². The molecule has 0 bridgehead atoms. The fourth-order valence-corrected chi connectivity index (χ4v) is 3.94. The third-order valence-corrected chi connectivity index (χ3v) is 6.47. The van der Waals surface area contributed by atoms with Gasteiger partial charge in [-0.3, -0.25) is 28.8 Å². The fourth-order valence-electron chi connectivity index (χ4n) is 3.46. The number of thioether (sulfide) groups is 1. The third-order valence-electron chi connectivity index (χ3n) is 5.83. The summed E-state index contributed by atoms with van der Waals surface area (Å²) >= 11 is 1.38. The van der Waals surface area contributed by atoms with E-state index in [1.54, 1.807) is 6.26 Å². The maximum absolute atomic E-state index is 13.2. The van der Waals surface area contributed by atoms with Crippen molar-refractivity contribution in [3.8, 4) is 0 Å². The summed E-state index contributed by atoms with van der Waals surface area (Å²) in [5.74, 6) is -4.60. The molecule has 17 heteroatoms. The number of carbonyl (C=O) groups is 7. The molecular weight excluding hydrogens is 562 g/mol. The van der Waals surface area contributed by atoms with Crippen LogP contribution in [0.3, 0.4) is 0 Å². The number of aliphatic carboxylic acids is 1. The van der Waals surface area contributed by atoms with Gasteiger partial charge in [0.25, 0.3) is 0 Å². The van der Waals surface area contributed by atoms with Crippen LogP contribution in [-0.4, -0.2) is 107 Å².